The largest absolute Gasteiger partial charge is 0.405 e. The SMILES string of the molecule is C/C=C(C)\C(=C/N)n1c2ccc(-c3cc(C)c(C)c(C)c3)cc2c2cc(CCC)c(-c3ccc4c5cc(-c6ccc(C)c(C)c6)ccc5n(/C(C)=C(C)/C=C\N)c4c3)cc21.CC. The highest BCUT2D eigenvalue weighted by molar-refractivity contribution is 6.15. The summed E-state index contributed by atoms with van der Waals surface area (Å²) in [5.74, 6) is 0. The molecule has 4 N–H and O–H groups in total. The average molecular weight is 817 g/mol. The summed E-state index contributed by atoms with van der Waals surface area (Å²) in [7, 11) is 0. The molecule has 6 aromatic carbocycles. The smallest absolute Gasteiger partial charge is 0.0642 e. The zero-order valence-corrected chi connectivity index (χ0v) is 39.0. The highest BCUT2D eigenvalue weighted by atomic mass is 15.0. The summed E-state index contributed by atoms with van der Waals surface area (Å²) < 4.78 is 4.79. The number of benzene rings is 6. The first kappa shape index (κ1) is 43.6. The first-order valence-electron chi connectivity index (χ1n) is 22.4. The molecule has 316 valence electrons. The van der Waals surface area contributed by atoms with Gasteiger partial charge in [-0.05, 0) is 201 Å². The summed E-state index contributed by atoms with van der Waals surface area (Å²) in [4.78, 5) is 0. The van der Waals surface area contributed by atoms with E-state index in [0.29, 0.717) is 0 Å². The van der Waals surface area contributed by atoms with E-state index in [1.807, 2.05) is 19.9 Å². The number of nitrogens with zero attached hydrogens (tertiary/aromatic N) is 2. The van der Waals surface area contributed by atoms with Crippen LogP contribution < -0.4 is 11.5 Å². The second-order valence-electron chi connectivity index (χ2n) is 16.8. The van der Waals surface area contributed by atoms with Gasteiger partial charge in [-0.2, -0.15) is 0 Å². The summed E-state index contributed by atoms with van der Waals surface area (Å²) in [5, 5.41) is 4.92. The van der Waals surface area contributed by atoms with Crippen molar-refractivity contribution in [3.8, 4) is 33.4 Å². The van der Waals surface area contributed by atoms with Crippen molar-refractivity contribution in [3.05, 3.63) is 166 Å². The van der Waals surface area contributed by atoms with Crippen LogP contribution in [0.3, 0.4) is 0 Å². The van der Waals surface area contributed by atoms with Gasteiger partial charge >= 0.3 is 0 Å². The lowest BCUT2D eigenvalue weighted by molar-refractivity contribution is 0.925. The molecule has 0 amide bonds. The minimum atomic E-state index is 0.959. The van der Waals surface area contributed by atoms with Crippen LogP contribution in [0.5, 0.6) is 0 Å². The van der Waals surface area contributed by atoms with Crippen molar-refractivity contribution in [1.82, 2.24) is 9.13 Å². The molecule has 4 heteroatoms. The Morgan fingerprint density at radius 2 is 1.10 bits per heavy atom. The standard InChI is InChI=1S/C56H58N4.C2H6/c1-11-13-44-29-51-50-28-43(46-25-37(7)39(9)38(8)26-46)18-21-53(50)60(56(32-58)33(3)12-2)55(51)31-48(44)45-16-19-47-49-27-42(41-15-14-34(4)36(6)24-41)17-20-52(49)59(54(47)30-45)40(10)35(5)22-23-57;1-2/h12,14-32H,11,13,57-58H2,1-10H3;1-2H3/b23-22-,33-12-,40-35+,56-32+;. The van der Waals surface area contributed by atoms with Crippen LogP contribution in [0.2, 0.25) is 0 Å². The van der Waals surface area contributed by atoms with E-state index in [1.54, 1.807) is 12.4 Å². The third-order valence-electron chi connectivity index (χ3n) is 13.2. The molecule has 0 unspecified atom stereocenters. The predicted octanol–water partition coefficient (Wildman–Crippen LogP) is 15.9. The monoisotopic (exact) mass is 817 g/mol. The van der Waals surface area contributed by atoms with E-state index < -0.39 is 0 Å². The van der Waals surface area contributed by atoms with Crippen molar-refractivity contribution in [3.63, 3.8) is 0 Å². The predicted molar refractivity (Wildman–Crippen MR) is 274 cm³/mol. The number of hydrogen-bond donors (Lipinski definition) is 2. The lowest BCUT2D eigenvalue weighted by atomic mass is 9.93. The zero-order valence-electron chi connectivity index (χ0n) is 39.0. The maximum Gasteiger partial charge on any atom is 0.0642 e. The lowest BCUT2D eigenvalue weighted by Crippen LogP contribution is -2.02. The molecule has 0 spiro atoms. The van der Waals surface area contributed by atoms with Crippen LogP contribution in [-0.4, -0.2) is 9.13 Å². The lowest BCUT2D eigenvalue weighted by Gasteiger charge is -2.16. The fraction of sp³-hybridized carbons (Fsp3) is 0.241. The number of aromatic nitrogens is 2. The third-order valence-corrected chi connectivity index (χ3v) is 13.2. The molecule has 8 rings (SSSR count). The minimum Gasteiger partial charge on any atom is -0.405 e. The van der Waals surface area contributed by atoms with Gasteiger partial charge < -0.3 is 20.6 Å². The molecule has 0 aliphatic carbocycles. The fourth-order valence-corrected chi connectivity index (χ4v) is 9.12. The molecule has 2 aromatic heterocycles. The fourth-order valence-electron chi connectivity index (χ4n) is 9.12. The molecule has 0 radical (unpaired) electrons. The molecule has 0 saturated heterocycles. The van der Waals surface area contributed by atoms with Crippen molar-refractivity contribution in [2.75, 3.05) is 0 Å². The van der Waals surface area contributed by atoms with E-state index in [0.717, 1.165) is 46.4 Å². The second-order valence-corrected chi connectivity index (χ2v) is 16.8. The Bertz CT molecular complexity index is 3130. The first-order valence-corrected chi connectivity index (χ1v) is 22.4. The van der Waals surface area contributed by atoms with Crippen LogP contribution in [0.15, 0.2) is 133 Å². The van der Waals surface area contributed by atoms with Gasteiger partial charge in [-0.15, -0.1) is 0 Å². The van der Waals surface area contributed by atoms with Crippen LogP contribution in [0.1, 0.15) is 88.3 Å². The topological polar surface area (TPSA) is 61.9 Å². The first-order chi connectivity index (χ1) is 29.9. The molecular formula is C58H64N4. The van der Waals surface area contributed by atoms with Gasteiger partial charge in [0.05, 0.1) is 27.8 Å². The molecule has 4 nitrogen and oxygen atoms in total. The van der Waals surface area contributed by atoms with Crippen LogP contribution in [0.25, 0.3) is 88.4 Å². The van der Waals surface area contributed by atoms with Crippen molar-refractivity contribution in [2.45, 2.75) is 95.9 Å². The molecule has 0 bridgehead atoms. The van der Waals surface area contributed by atoms with E-state index in [1.165, 1.54) is 99.3 Å². The minimum absolute atomic E-state index is 0.959. The van der Waals surface area contributed by atoms with Crippen LogP contribution >= 0.6 is 0 Å². The number of nitrogens with two attached hydrogens (primary N) is 2. The number of fused-ring (bicyclic) bond motifs is 6. The Balaban J connectivity index is 0.00000285. The van der Waals surface area contributed by atoms with Gasteiger partial charge in [-0.25, -0.2) is 0 Å². The second kappa shape index (κ2) is 17.8. The van der Waals surface area contributed by atoms with E-state index in [-0.39, 0.29) is 0 Å². The van der Waals surface area contributed by atoms with Gasteiger partial charge in [0.15, 0.2) is 0 Å². The molecular weight excluding hydrogens is 753 g/mol. The molecule has 8 aromatic rings. The summed E-state index contributed by atoms with van der Waals surface area (Å²) in [6, 6.07) is 37.2. The Morgan fingerprint density at radius 3 is 1.71 bits per heavy atom. The van der Waals surface area contributed by atoms with Gasteiger partial charge in [0.1, 0.15) is 0 Å². The van der Waals surface area contributed by atoms with E-state index in [2.05, 4.69) is 182 Å². The van der Waals surface area contributed by atoms with Crippen LogP contribution in [-0.2, 0) is 6.42 Å². The molecule has 62 heavy (non-hydrogen) atoms. The number of aryl methyl sites for hydroxylation is 5. The molecule has 0 atom stereocenters. The summed E-state index contributed by atoms with van der Waals surface area (Å²) in [5.41, 5.74) is 36.8. The Hall–Kier alpha value is -6.52. The molecule has 0 aliphatic heterocycles. The van der Waals surface area contributed by atoms with Gasteiger partial charge in [-0.1, -0.05) is 87.9 Å². The normalized spacial score (nSPS) is 12.8. The number of hydrogen-bond acceptors (Lipinski definition) is 2. The maximum atomic E-state index is 6.53. The van der Waals surface area contributed by atoms with E-state index in [4.69, 9.17) is 11.5 Å². The Morgan fingerprint density at radius 1 is 0.548 bits per heavy atom. The van der Waals surface area contributed by atoms with Crippen molar-refractivity contribution in [2.24, 2.45) is 11.5 Å². The van der Waals surface area contributed by atoms with E-state index >= 15 is 0 Å². The zero-order chi connectivity index (χ0) is 44.6. The van der Waals surface area contributed by atoms with Crippen molar-refractivity contribution < 1.29 is 0 Å². The van der Waals surface area contributed by atoms with Crippen molar-refractivity contribution in [1.29, 1.82) is 0 Å². The third kappa shape index (κ3) is 7.57. The van der Waals surface area contributed by atoms with E-state index in [9.17, 15) is 0 Å². The van der Waals surface area contributed by atoms with Gasteiger partial charge in [0, 0.05) is 33.4 Å². The van der Waals surface area contributed by atoms with Gasteiger partial charge in [-0.3, -0.25) is 0 Å². The average Bonchev–Trinajstić information content (AvgIpc) is 3.77. The van der Waals surface area contributed by atoms with Crippen LogP contribution in [0, 0.1) is 34.6 Å². The summed E-state index contributed by atoms with van der Waals surface area (Å²) >= 11 is 0. The molecule has 0 aliphatic rings. The van der Waals surface area contributed by atoms with Gasteiger partial charge in [0.2, 0.25) is 0 Å². The Kier molecular flexibility index (Phi) is 12.5. The van der Waals surface area contributed by atoms with Gasteiger partial charge in [0.25, 0.3) is 0 Å². The molecule has 0 saturated carbocycles. The highest BCUT2D eigenvalue weighted by Gasteiger charge is 2.21. The highest BCUT2D eigenvalue weighted by Crippen LogP contribution is 2.43. The molecule has 2 heterocycles. The number of allylic oxidation sites excluding steroid dienone is 6. The summed E-state index contributed by atoms with van der Waals surface area (Å²) in [6.07, 6.45) is 9.53. The number of rotatable bonds is 9. The molecule has 0 fully saturated rings. The summed E-state index contributed by atoms with van der Waals surface area (Å²) in [6.45, 7) is 25.8. The quantitative estimate of drug-likeness (QED) is 0.143. The van der Waals surface area contributed by atoms with Crippen molar-refractivity contribution >= 4 is 55.0 Å². The Labute approximate surface area is 369 Å². The van der Waals surface area contributed by atoms with Crippen LogP contribution in [0.4, 0.5) is 0 Å². The maximum absolute atomic E-state index is 6.53.